The topological polar surface area (TPSA) is 60.2 Å². The monoisotopic (exact) mass is 199 g/mol. The maximum atomic E-state index is 11.1. The van der Waals surface area contributed by atoms with Crippen LogP contribution in [0.4, 0.5) is 0 Å². The summed E-state index contributed by atoms with van der Waals surface area (Å²) in [7, 11) is 0. The Bertz CT molecular complexity index is 334. The number of hydrogen-bond acceptors (Lipinski definition) is 3. The summed E-state index contributed by atoms with van der Waals surface area (Å²) < 4.78 is 0. The van der Waals surface area contributed by atoms with Crippen LogP contribution >= 0.6 is 11.6 Å². The number of halogens is 1. The molecule has 0 fully saturated rings. The fraction of sp³-hybridized carbons (Fsp3) is 0.125. The first-order chi connectivity index (χ1) is 6.09. The molecule has 13 heavy (non-hydrogen) atoms. The zero-order valence-electron chi connectivity index (χ0n) is 6.57. The van der Waals surface area contributed by atoms with Crippen LogP contribution in [0.5, 0.6) is 0 Å². The summed E-state index contributed by atoms with van der Waals surface area (Å²) in [6.07, 6.45) is 0. The summed E-state index contributed by atoms with van der Waals surface area (Å²) in [6.45, 7) is -0.679. The fourth-order valence-electron chi connectivity index (χ4n) is 0.844. The van der Waals surface area contributed by atoms with E-state index in [1.165, 1.54) is 24.3 Å². The molecule has 68 valence electrons. The lowest BCUT2D eigenvalue weighted by Crippen LogP contribution is -2.13. The van der Waals surface area contributed by atoms with E-state index in [1.807, 2.05) is 0 Å². The SMILES string of the molecule is O=C(C[N+](=O)[O-])c1ccc(Cl)cc1. The second-order valence-electron chi connectivity index (χ2n) is 2.42. The largest absolute Gasteiger partial charge is 0.287 e. The Balaban J connectivity index is 2.78. The third kappa shape index (κ3) is 2.83. The normalized spacial score (nSPS) is 9.62. The molecule has 0 radical (unpaired) electrons. The standard InChI is InChI=1S/C8H6ClNO3/c9-7-3-1-6(2-4-7)8(11)5-10(12)13/h1-4H,5H2. The van der Waals surface area contributed by atoms with Gasteiger partial charge < -0.3 is 0 Å². The molecule has 1 rings (SSSR count). The minimum absolute atomic E-state index is 0.307. The number of rotatable bonds is 3. The molecular weight excluding hydrogens is 194 g/mol. The molecule has 0 aromatic heterocycles. The van der Waals surface area contributed by atoms with Gasteiger partial charge in [-0.2, -0.15) is 0 Å². The second kappa shape index (κ2) is 4.00. The zero-order chi connectivity index (χ0) is 9.84. The summed E-state index contributed by atoms with van der Waals surface area (Å²) >= 11 is 5.58. The minimum Gasteiger partial charge on any atom is -0.287 e. The van der Waals surface area contributed by atoms with Crippen molar-refractivity contribution in [1.29, 1.82) is 0 Å². The van der Waals surface area contributed by atoms with E-state index in [2.05, 4.69) is 0 Å². The first-order valence-corrected chi connectivity index (χ1v) is 3.88. The first-order valence-electron chi connectivity index (χ1n) is 3.50. The third-order valence-corrected chi connectivity index (χ3v) is 1.69. The molecule has 5 heteroatoms. The van der Waals surface area contributed by atoms with Crippen molar-refractivity contribution in [3.63, 3.8) is 0 Å². The van der Waals surface area contributed by atoms with Gasteiger partial charge in [0, 0.05) is 15.5 Å². The molecule has 0 bridgehead atoms. The van der Waals surface area contributed by atoms with E-state index in [4.69, 9.17) is 11.6 Å². The van der Waals surface area contributed by atoms with Crippen molar-refractivity contribution in [2.24, 2.45) is 0 Å². The van der Waals surface area contributed by atoms with E-state index in [1.54, 1.807) is 0 Å². The highest BCUT2D eigenvalue weighted by Gasteiger charge is 2.11. The van der Waals surface area contributed by atoms with Gasteiger partial charge in [-0.25, -0.2) is 0 Å². The smallest absolute Gasteiger partial charge is 0.265 e. The van der Waals surface area contributed by atoms with Crippen LogP contribution in [0.3, 0.4) is 0 Å². The summed E-state index contributed by atoms with van der Waals surface area (Å²) in [4.78, 5) is 20.4. The van der Waals surface area contributed by atoms with Crippen molar-refractivity contribution in [3.05, 3.63) is 45.0 Å². The first kappa shape index (κ1) is 9.67. The Labute approximate surface area is 79.3 Å². The molecular formula is C8H6ClNO3. The van der Waals surface area contributed by atoms with E-state index in [0.717, 1.165) is 0 Å². The fourth-order valence-corrected chi connectivity index (χ4v) is 0.970. The molecule has 0 amide bonds. The van der Waals surface area contributed by atoms with Crippen LogP contribution in [0.15, 0.2) is 24.3 Å². The van der Waals surface area contributed by atoms with Crippen molar-refractivity contribution >= 4 is 17.4 Å². The second-order valence-corrected chi connectivity index (χ2v) is 2.86. The number of nitrogens with zero attached hydrogens (tertiary/aromatic N) is 1. The maximum absolute atomic E-state index is 11.1. The number of Topliss-reactive ketones (excluding diaryl/α,β-unsaturated/α-hetero) is 1. The lowest BCUT2D eigenvalue weighted by molar-refractivity contribution is -0.465. The van der Waals surface area contributed by atoms with Crippen LogP contribution in [-0.2, 0) is 0 Å². The average molecular weight is 200 g/mol. The van der Waals surface area contributed by atoms with Crippen LogP contribution in [0, 0.1) is 10.1 Å². The van der Waals surface area contributed by atoms with Gasteiger partial charge in [0.15, 0.2) is 0 Å². The number of carbonyl (C=O) groups is 1. The number of carbonyl (C=O) groups excluding carboxylic acids is 1. The molecule has 0 spiro atoms. The summed E-state index contributed by atoms with van der Waals surface area (Å²) in [5.41, 5.74) is 0.307. The average Bonchev–Trinajstić information content (AvgIpc) is 2.04. The Morgan fingerprint density at radius 3 is 2.38 bits per heavy atom. The predicted octanol–water partition coefficient (Wildman–Crippen LogP) is 1.80. The van der Waals surface area contributed by atoms with Crippen molar-refractivity contribution < 1.29 is 9.72 Å². The number of ketones is 1. The highest BCUT2D eigenvalue weighted by atomic mass is 35.5. The molecule has 0 saturated heterocycles. The lowest BCUT2D eigenvalue weighted by Gasteiger charge is -1.95. The van der Waals surface area contributed by atoms with Gasteiger partial charge in [-0.05, 0) is 24.3 Å². The Hall–Kier alpha value is -1.42. The quantitative estimate of drug-likeness (QED) is 0.424. The van der Waals surface area contributed by atoms with E-state index in [0.29, 0.717) is 10.6 Å². The molecule has 0 atom stereocenters. The van der Waals surface area contributed by atoms with Crippen LogP contribution in [-0.4, -0.2) is 17.3 Å². The third-order valence-electron chi connectivity index (χ3n) is 1.44. The van der Waals surface area contributed by atoms with Gasteiger partial charge in [0.1, 0.15) is 0 Å². The molecule has 0 N–H and O–H groups in total. The van der Waals surface area contributed by atoms with E-state index in [-0.39, 0.29) is 0 Å². The summed E-state index contributed by atoms with van der Waals surface area (Å²) in [6, 6.07) is 5.98. The zero-order valence-corrected chi connectivity index (χ0v) is 7.32. The summed E-state index contributed by atoms with van der Waals surface area (Å²) in [5.74, 6) is -0.512. The van der Waals surface area contributed by atoms with E-state index < -0.39 is 17.3 Å². The van der Waals surface area contributed by atoms with Crippen molar-refractivity contribution in [1.82, 2.24) is 0 Å². The van der Waals surface area contributed by atoms with Gasteiger partial charge in [-0.3, -0.25) is 14.9 Å². The number of nitro groups is 1. The Kier molecular flexibility index (Phi) is 2.97. The maximum Gasteiger partial charge on any atom is 0.265 e. The van der Waals surface area contributed by atoms with Gasteiger partial charge in [0.2, 0.25) is 5.78 Å². The van der Waals surface area contributed by atoms with Crippen molar-refractivity contribution in [3.8, 4) is 0 Å². The Morgan fingerprint density at radius 1 is 1.38 bits per heavy atom. The van der Waals surface area contributed by atoms with Crippen molar-refractivity contribution in [2.75, 3.05) is 6.54 Å². The molecule has 4 nitrogen and oxygen atoms in total. The van der Waals surface area contributed by atoms with Crippen LogP contribution < -0.4 is 0 Å². The minimum atomic E-state index is -0.679. The van der Waals surface area contributed by atoms with Gasteiger partial charge in [0.25, 0.3) is 6.54 Å². The number of benzene rings is 1. The van der Waals surface area contributed by atoms with Gasteiger partial charge >= 0.3 is 0 Å². The molecule has 0 aliphatic rings. The molecule has 0 aliphatic carbocycles. The molecule has 0 unspecified atom stereocenters. The van der Waals surface area contributed by atoms with Crippen LogP contribution in [0.2, 0.25) is 5.02 Å². The van der Waals surface area contributed by atoms with E-state index >= 15 is 0 Å². The predicted molar refractivity (Wildman–Crippen MR) is 47.6 cm³/mol. The van der Waals surface area contributed by atoms with E-state index in [9.17, 15) is 14.9 Å². The molecule has 0 saturated carbocycles. The molecule has 1 aromatic carbocycles. The van der Waals surface area contributed by atoms with Crippen LogP contribution in [0.25, 0.3) is 0 Å². The Morgan fingerprint density at radius 2 is 1.92 bits per heavy atom. The number of hydrogen-bond donors (Lipinski definition) is 0. The van der Waals surface area contributed by atoms with Crippen LogP contribution in [0.1, 0.15) is 10.4 Å². The highest BCUT2D eigenvalue weighted by Crippen LogP contribution is 2.09. The summed E-state index contributed by atoms with van der Waals surface area (Å²) in [5, 5.41) is 10.5. The molecule has 1 aromatic rings. The lowest BCUT2D eigenvalue weighted by atomic mass is 10.1. The van der Waals surface area contributed by atoms with Gasteiger partial charge in [-0.15, -0.1) is 0 Å². The van der Waals surface area contributed by atoms with Crippen molar-refractivity contribution in [2.45, 2.75) is 0 Å². The molecule has 0 heterocycles. The highest BCUT2D eigenvalue weighted by molar-refractivity contribution is 6.30. The van der Waals surface area contributed by atoms with Gasteiger partial charge in [-0.1, -0.05) is 11.6 Å². The molecule has 0 aliphatic heterocycles. The van der Waals surface area contributed by atoms with Gasteiger partial charge in [0.05, 0.1) is 0 Å².